The van der Waals surface area contributed by atoms with E-state index in [1.165, 1.54) is 19.9 Å². The molecule has 0 N–H and O–H groups in total. The lowest BCUT2D eigenvalue weighted by atomic mass is 10.1. The number of methoxy groups -OCH3 is 1. The number of hydrogen-bond acceptors (Lipinski definition) is 5. The zero-order valence-electron chi connectivity index (χ0n) is 10.7. The van der Waals surface area contributed by atoms with E-state index in [-0.39, 0.29) is 11.1 Å². The van der Waals surface area contributed by atoms with Gasteiger partial charge in [-0.15, -0.1) is 0 Å². The molecule has 0 heterocycles. The third-order valence-electron chi connectivity index (χ3n) is 2.52. The van der Waals surface area contributed by atoms with Gasteiger partial charge in [0.05, 0.1) is 12.7 Å². The third kappa shape index (κ3) is 3.21. The fraction of sp³-hybridized carbons (Fsp3) is 0.364. The highest BCUT2D eigenvalue weighted by atomic mass is 32.2. The molecule has 0 aromatic heterocycles. The molecule has 0 amide bonds. The first-order chi connectivity index (χ1) is 8.99. The molecule has 1 aromatic rings. The van der Waals surface area contributed by atoms with Gasteiger partial charge in [0.15, 0.2) is 0 Å². The van der Waals surface area contributed by atoms with Gasteiger partial charge >= 0.3 is 21.6 Å². The average Bonchev–Trinajstić information content (AvgIpc) is 2.31. The minimum Gasteiger partial charge on any atom is -0.465 e. The van der Waals surface area contributed by atoms with Crippen LogP contribution in [0.1, 0.15) is 21.5 Å². The summed E-state index contributed by atoms with van der Waals surface area (Å²) in [5.74, 6) is -1.38. The second-order valence-electron chi connectivity index (χ2n) is 3.89. The summed E-state index contributed by atoms with van der Waals surface area (Å²) in [6, 6.07) is 2.24. The molecule has 0 saturated heterocycles. The number of carbonyl (C=O) groups is 1. The second kappa shape index (κ2) is 5.31. The van der Waals surface area contributed by atoms with Crippen molar-refractivity contribution in [2.24, 2.45) is 0 Å². The molecule has 0 aliphatic carbocycles. The van der Waals surface area contributed by atoms with E-state index in [2.05, 4.69) is 8.92 Å². The van der Waals surface area contributed by atoms with Crippen LogP contribution in [0.5, 0.6) is 5.75 Å². The molecule has 9 heteroatoms. The monoisotopic (exact) mass is 312 g/mol. The Bertz CT molecular complexity index is 634. The van der Waals surface area contributed by atoms with Crippen molar-refractivity contribution in [3.63, 3.8) is 0 Å². The Morgan fingerprint density at radius 1 is 1.20 bits per heavy atom. The summed E-state index contributed by atoms with van der Waals surface area (Å²) in [5.41, 5.74) is -5.09. The maximum atomic E-state index is 12.3. The summed E-state index contributed by atoms with van der Waals surface area (Å²) in [5, 5.41) is 0. The van der Waals surface area contributed by atoms with Crippen molar-refractivity contribution in [3.05, 3.63) is 28.8 Å². The molecule has 0 spiro atoms. The van der Waals surface area contributed by atoms with Crippen molar-refractivity contribution in [3.8, 4) is 5.75 Å². The number of benzene rings is 1. The first kappa shape index (κ1) is 16.3. The normalized spacial score (nSPS) is 12.1. The van der Waals surface area contributed by atoms with E-state index in [1.54, 1.807) is 0 Å². The van der Waals surface area contributed by atoms with Crippen LogP contribution in [0.3, 0.4) is 0 Å². The molecule has 0 bridgehead atoms. The lowest BCUT2D eigenvalue weighted by Gasteiger charge is -2.13. The molecule has 5 nitrogen and oxygen atoms in total. The number of ether oxygens (including phenoxy) is 1. The van der Waals surface area contributed by atoms with E-state index < -0.39 is 27.3 Å². The van der Waals surface area contributed by atoms with Crippen LogP contribution in [0.15, 0.2) is 12.1 Å². The zero-order chi connectivity index (χ0) is 15.7. The van der Waals surface area contributed by atoms with Gasteiger partial charge in [-0.25, -0.2) is 4.79 Å². The van der Waals surface area contributed by atoms with E-state index in [1.807, 2.05) is 0 Å². The van der Waals surface area contributed by atoms with Crippen LogP contribution >= 0.6 is 0 Å². The van der Waals surface area contributed by atoms with Gasteiger partial charge in [-0.1, -0.05) is 0 Å². The summed E-state index contributed by atoms with van der Waals surface area (Å²) in [6.07, 6.45) is 0. The maximum absolute atomic E-state index is 12.3. The molecule has 1 aromatic carbocycles. The second-order valence-corrected chi connectivity index (χ2v) is 5.43. The van der Waals surface area contributed by atoms with E-state index in [9.17, 15) is 26.4 Å². The zero-order valence-corrected chi connectivity index (χ0v) is 11.6. The lowest BCUT2D eigenvalue weighted by molar-refractivity contribution is -0.0500. The Morgan fingerprint density at radius 2 is 1.75 bits per heavy atom. The van der Waals surface area contributed by atoms with Gasteiger partial charge < -0.3 is 8.92 Å². The van der Waals surface area contributed by atoms with Crippen LogP contribution in [-0.4, -0.2) is 27.0 Å². The Morgan fingerprint density at radius 3 is 2.20 bits per heavy atom. The maximum Gasteiger partial charge on any atom is 0.534 e. The van der Waals surface area contributed by atoms with Crippen LogP contribution in [0.4, 0.5) is 13.2 Å². The molecule has 0 saturated carbocycles. The number of esters is 1. The van der Waals surface area contributed by atoms with Gasteiger partial charge in [-0.2, -0.15) is 21.6 Å². The molecular formula is C11H11F3O5S. The molecule has 20 heavy (non-hydrogen) atoms. The van der Waals surface area contributed by atoms with Gasteiger partial charge in [0, 0.05) is 0 Å². The van der Waals surface area contributed by atoms with Crippen molar-refractivity contribution < 1.29 is 35.3 Å². The fourth-order valence-electron chi connectivity index (χ4n) is 1.31. The van der Waals surface area contributed by atoms with E-state index in [0.29, 0.717) is 5.56 Å². The Kier molecular flexibility index (Phi) is 4.33. The van der Waals surface area contributed by atoms with Crippen LogP contribution in [0.25, 0.3) is 0 Å². The molecule has 112 valence electrons. The minimum atomic E-state index is -5.79. The lowest BCUT2D eigenvalue weighted by Crippen LogP contribution is -2.28. The summed E-state index contributed by atoms with van der Waals surface area (Å²) >= 11 is 0. The Hall–Kier alpha value is -1.77. The SMILES string of the molecule is COC(=O)c1cc(C)c(C)c(OS(=O)(=O)C(F)(F)F)c1. The number of carbonyl (C=O) groups excluding carboxylic acids is 1. The predicted octanol–water partition coefficient (Wildman–Crippen LogP) is 2.32. The van der Waals surface area contributed by atoms with Gasteiger partial charge in [0.25, 0.3) is 0 Å². The standard InChI is InChI=1S/C11H11F3O5S/c1-6-4-8(10(15)18-3)5-9(7(6)2)19-20(16,17)11(12,13)14/h4-5H,1-3H3. The molecule has 0 unspecified atom stereocenters. The Balaban J connectivity index is 3.33. The van der Waals surface area contributed by atoms with Crippen molar-refractivity contribution in [2.45, 2.75) is 19.4 Å². The van der Waals surface area contributed by atoms with Crippen molar-refractivity contribution in [1.29, 1.82) is 0 Å². The van der Waals surface area contributed by atoms with Crippen molar-refractivity contribution in [1.82, 2.24) is 0 Å². The number of halogens is 3. The smallest absolute Gasteiger partial charge is 0.465 e. The molecule has 0 fully saturated rings. The van der Waals surface area contributed by atoms with Gasteiger partial charge in [0.1, 0.15) is 5.75 Å². The fourth-order valence-corrected chi connectivity index (χ4v) is 1.82. The quantitative estimate of drug-likeness (QED) is 0.487. The summed E-state index contributed by atoms with van der Waals surface area (Å²) in [6.45, 7) is 2.87. The third-order valence-corrected chi connectivity index (χ3v) is 3.49. The minimum absolute atomic E-state index is 0.108. The van der Waals surface area contributed by atoms with E-state index >= 15 is 0 Å². The van der Waals surface area contributed by atoms with Crippen LogP contribution in [-0.2, 0) is 14.9 Å². The molecule has 0 aliphatic heterocycles. The number of alkyl halides is 3. The average molecular weight is 312 g/mol. The van der Waals surface area contributed by atoms with Gasteiger partial charge in [-0.05, 0) is 37.1 Å². The largest absolute Gasteiger partial charge is 0.534 e. The number of aryl methyl sites for hydroxylation is 1. The molecular weight excluding hydrogens is 301 g/mol. The topological polar surface area (TPSA) is 69.7 Å². The number of hydrogen-bond donors (Lipinski definition) is 0. The van der Waals surface area contributed by atoms with Crippen LogP contribution in [0, 0.1) is 13.8 Å². The summed E-state index contributed by atoms with van der Waals surface area (Å²) < 4.78 is 67.2. The Labute approximate surface area is 113 Å². The van der Waals surface area contributed by atoms with Crippen molar-refractivity contribution >= 4 is 16.1 Å². The van der Waals surface area contributed by atoms with Gasteiger partial charge in [0.2, 0.25) is 0 Å². The van der Waals surface area contributed by atoms with Gasteiger partial charge in [-0.3, -0.25) is 0 Å². The number of rotatable bonds is 3. The van der Waals surface area contributed by atoms with Crippen LogP contribution in [0.2, 0.25) is 0 Å². The highest BCUT2D eigenvalue weighted by molar-refractivity contribution is 7.88. The van der Waals surface area contributed by atoms with E-state index in [4.69, 9.17) is 0 Å². The highest BCUT2D eigenvalue weighted by Gasteiger charge is 2.48. The highest BCUT2D eigenvalue weighted by Crippen LogP contribution is 2.31. The first-order valence-corrected chi connectivity index (χ1v) is 6.60. The predicted molar refractivity (Wildman–Crippen MR) is 62.9 cm³/mol. The van der Waals surface area contributed by atoms with Crippen molar-refractivity contribution in [2.75, 3.05) is 7.11 Å². The molecule has 0 atom stereocenters. The summed E-state index contributed by atoms with van der Waals surface area (Å²) in [4.78, 5) is 11.3. The molecule has 0 aliphatic rings. The molecule has 0 radical (unpaired) electrons. The summed E-state index contributed by atoms with van der Waals surface area (Å²) in [7, 11) is -4.70. The van der Waals surface area contributed by atoms with E-state index in [0.717, 1.165) is 13.2 Å². The molecule has 1 rings (SSSR count). The first-order valence-electron chi connectivity index (χ1n) is 5.20. The van der Waals surface area contributed by atoms with Crippen LogP contribution < -0.4 is 4.18 Å².